The van der Waals surface area contributed by atoms with Gasteiger partial charge in [0.2, 0.25) is 5.91 Å². The number of hydrogen-bond donors (Lipinski definition) is 0. The zero-order valence-corrected chi connectivity index (χ0v) is 15.3. The third kappa shape index (κ3) is 3.65. The number of hydrogen-bond acceptors (Lipinski definition) is 1. The fourth-order valence-electron chi connectivity index (χ4n) is 2.98. The van der Waals surface area contributed by atoms with Crippen LogP contribution in [0.3, 0.4) is 0 Å². The van der Waals surface area contributed by atoms with Crippen LogP contribution in [-0.2, 0) is 4.79 Å². The van der Waals surface area contributed by atoms with Crippen LogP contribution in [0, 0.1) is 0 Å². The molecule has 25 heavy (non-hydrogen) atoms. The smallest absolute Gasteiger partial charge is 0.245 e. The Balaban J connectivity index is 2.38. The summed E-state index contributed by atoms with van der Waals surface area (Å²) in [6.07, 6.45) is 1.29. The molecule has 0 bridgehead atoms. The van der Waals surface area contributed by atoms with Gasteiger partial charge in [-0.25, -0.2) is 4.74 Å². The second-order valence-electron chi connectivity index (χ2n) is 5.89. The Labute approximate surface area is 149 Å². The van der Waals surface area contributed by atoms with Gasteiger partial charge in [0, 0.05) is 22.3 Å². The summed E-state index contributed by atoms with van der Waals surface area (Å²) >= 11 is 0. The maximum absolute atomic E-state index is 12.6. The quantitative estimate of drug-likeness (QED) is 0.625. The zero-order chi connectivity index (χ0) is 17.5. The summed E-state index contributed by atoms with van der Waals surface area (Å²) < 4.78 is 4.88. The van der Waals surface area contributed by atoms with E-state index in [4.69, 9.17) is 4.74 Å². The van der Waals surface area contributed by atoms with Crippen LogP contribution in [0.1, 0.15) is 19.8 Å². The molecule has 1 amide bonds. The second kappa shape index (κ2) is 8.09. The summed E-state index contributed by atoms with van der Waals surface area (Å²) in [7, 11) is -2.36. The van der Waals surface area contributed by atoms with E-state index in [1.165, 1.54) is 0 Å². The molecule has 0 unspecified atom stereocenters. The largest absolute Gasteiger partial charge is 0.273 e. The van der Waals surface area contributed by atoms with Gasteiger partial charge in [-0.3, -0.25) is 4.79 Å². The SMILES string of the molecule is CCCC(=O)N=P(c1ccccc1)(c1ccccc1)c1ccccc1. The third-order valence-electron chi connectivity index (χ3n) is 4.11. The van der Waals surface area contributed by atoms with Crippen molar-refractivity contribution in [1.82, 2.24) is 0 Å². The summed E-state index contributed by atoms with van der Waals surface area (Å²) in [6.45, 7) is 2.01. The lowest BCUT2D eigenvalue weighted by molar-refractivity contribution is -0.117. The fraction of sp³-hybridized carbons (Fsp3) is 0.136. The lowest BCUT2D eigenvalue weighted by Crippen LogP contribution is -2.26. The van der Waals surface area contributed by atoms with Crippen LogP contribution in [0.5, 0.6) is 0 Å². The number of carbonyl (C=O) groups is 1. The maximum atomic E-state index is 12.6. The molecule has 0 saturated carbocycles. The topological polar surface area (TPSA) is 29.4 Å². The summed E-state index contributed by atoms with van der Waals surface area (Å²) in [4.78, 5) is 12.6. The number of amides is 1. The average Bonchev–Trinajstić information content (AvgIpc) is 2.68. The molecule has 0 aliphatic carbocycles. The Hall–Kier alpha value is -2.44. The van der Waals surface area contributed by atoms with Gasteiger partial charge in [0.25, 0.3) is 0 Å². The Bertz CT molecular complexity index is 770. The minimum absolute atomic E-state index is 0.0209. The molecule has 0 heterocycles. The van der Waals surface area contributed by atoms with Crippen molar-refractivity contribution in [3.05, 3.63) is 91.0 Å². The average molecular weight is 347 g/mol. The minimum atomic E-state index is -2.36. The Morgan fingerprint density at radius 1 is 0.720 bits per heavy atom. The Kier molecular flexibility index (Phi) is 5.63. The van der Waals surface area contributed by atoms with E-state index in [9.17, 15) is 4.79 Å². The number of carbonyl (C=O) groups excluding carboxylic acids is 1. The highest BCUT2D eigenvalue weighted by Crippen LogP contribution is 2.46. The van der Waals surface area contributed by atoms with Gasteiger partial charge in [0.15, 0.2) is 0 Å². The van der Waals surface area contributed by atoms with Crippen LogP contribution >= 0.6 is 7.05 Å². The summed E-state index contributed by atoms with van der Waals surface area (Å²) in [5.41, 5.74) is 0. The monoisotopic (exact) mass is 347 g/mol. The predicted molar refractivity (Wildman–Crippen MR) is 107 cm³/mol. The predicted octanol–water partition coefficient (Wildman–Crippen LogP) is 4.49. The van der Waals surface area contributed by atoms with Crippen molar-refractivity contribution in [3.63, 3.8) is 0 Å². The zero-order valence-electron chi connectivity index (χ0n) is 14.4. The maximum Gasteiger partial charge on any atom is 0.245 e. The van der Waals surface area contributed by atoms with E-state index >= 15 is 0 Å². The van der Waals surface area contributed by atoms with Crippen LogP contribution in [0.15, 0.2) is 95.7 Å². The lowest BCUT2D eigenvalue weighted by Gasteiger charge is -2.26. The molecule has 0 fully saturated rings. The van der Waals surface area contributed by atoms with Crippen LogP contribution in [0.4, 0.5) is 0 Å². The van der Waals surface area contributed by atoms with Gasteiger partial charge < -0.3 is 0 Å². The van der Waals surface area contributed by atoms with Gasteiger partial charge >= 0.3 is 0 Å². The molecule has 2 nitrogen and oxygen atoms in total. The fourth-order valence-corrected chi connectivity index (χ4v) is 6.47. The van der Waals surface area contributed by atoms with Crippen molar-refractivity contribution in [3.8, 4) is 0 Å². The summed E-state index contributed by atoms with van der Waals surface area (Å²) in [5.74, 6) is -0.0209. The number of rotatable bonds is 5. The molecular weight excluding hydrogens is 325 g/mol. The molecule has 126 valence electrons. The first-order chi connectivity index (χ1) is 12.3. The van der Waals surface area contributed by atoms with Crippen LogP contribution in [0.2, 0.25) is 0 Å². The van der Waals surface area contributed by atoms with E-state index in [0.29, 0.717) is 6.42 Å². The highest BCUT2D eigenvalue weighted by molar-refractivity contribution is 7.87. The summed E-state index contributed by atoms with van der Waals surface area (Å²) in [5, 5.41) is 3.32. The standard InChI is InChI=1S/C22H22NOP/c1-2-12-22(24)23-25(19-13-6-3-7-14-19,20-15-8-4-9-16-20)21-17-10-5-11-18-21/h3-11,13-18H,2,12H2,1H3. The lowest BCUT2D eigenvalue weighted by atomic mass is 10.3. The van der Waals surface area contributed by atoms with Crippen molar-refractivity contribution in [2.24, 2.45) is 4.74 Å². The van der Waals surface area contributed by atoms with E-state index in [1.54, 1.807) is 0 Å². The van der Waals surface area contributed by atoms with Gasteiger partial charge in [-0.15, -0.1) is 0 Å². The molecule has 0 aliphatic rings. The summed E-state index contributed by atoms with van der Waals surface area (Å²) in [6, 6.07) is 30.7. The first-order valence-electron chi connectivity index (χ1n) is 8.59. The van der Waals surface area contributed by atoms with E-state index in [1.807, 2.05) is 61.5 Å². The first-order valence-corrected chi connectivity index (χ1v) is 10.3. The van der Waals surface area contributed by atoms with Crippen LogP contribution in [0.25, 0.3) is 0 Å². The second-order valence-corrected chi connectivity index (χ2v) is 8.91. The molecule has 0 saturated heterocycles. The molecule has 0 radical (unpaired) electrons. The molecule has 3 heteroatoms. The van der Waals surface area contributed by atoms with Crippen LogP contribution < -0.4 is 15.9 Å². The van der Waals surface area contributed by atoms with Gasteiger partial charge in [-0.2, -0.15) is 0 Å². The third-order valence-corrected chi connectivity index (χ3v) is 7.77. The van der Waals surface area contributed by atoms with Gasteiger partial charge in [0.05, 0.1) is 7.05 Å². The number of nitrogens with zero attached hydrogens (tertiary/aromatic N) is 1. The molecule has 0 aromatic heterocycles. The molecule has 3 aromatic rings. The molecular formula is C22H22NOP. The highest BCUT2D eigenvalue weighted by atomic mass is 31.2. The van der Waals surface area contributed by atoms with Crippen molar-refractivity contribution in [2.75, 3.05) is 0 Å². The molecule has 0 N–H and O–H groups in total. The van der Waals surface area contributed by atoms with Crippen molar-refractivity contribution in [1.29, 1.82) is 0 Å². The van der Waals surface area contributed by atoms with Gasteiger partial charge in [-0.1, -0.05) is 97.9 Å². The van der Waals surface area contributed by atoms with E-state index in [0.717, 1.165) is 22.3 Å². The van der Waals surface area contributed by atoms with Gasteiger partial charge in [0.1, 0.15) is 0 Å². The van der Waals surface area contributed by atoms with E-state index < -0.39 is 7.05 Å². The van der Waals surface area contributed by atoms with E-state index in [2.05, 4.69) is 36.4 Å². The first kappa shape index (κ1) is 17.4. The van der Waals surface area contributed by atoms with Crippen LogP contribution in [-0.4, -0.2) is 5.91 Å². The molecule has 0 spiro atoms. The van der Waals surface area contributed by atoms with Crippen molar-refractivity contribution < 1.29 is 4.79 Å². The molecule has 0 atom stereocenters. The molecule has 0 aliphatic heterocycles. The van der Waals surface area contributed by atoms with E-state index in [-0.39, 0.29) is 5.91 Å². The molecule has 3 rings (SSSR count). The highest BCUT2D eigenvalue weighted by Gasteiger charge is 2.28. The van der Waals surface area contributed by atoms with Crippen molar-refractivity contribution in [2.45, 2.75) is 19.8 Å². The Morgan fingerprint density at radius 2 is 1.08 bits per heavy atom. The Morgan fingerprint density at radius 3 is 1.40 bits per heavy atom. The number of benzene rings is 3. The van der Waals surface area contributed by atoms with Crippen molar-refractivity contribution >= 4 is 28.9 Å². The van der Waals surface area contributed by atoms with Gasteiger partial charge in [-0.05, 0) is 6.42 Å². The molecule has 3 aromatic carbocycles. The minimum Gasteiger partial charge on any atom is -0.273 e. The normalized spacial score (nSPS) is 11.1.